The van der Waals surface area contributed by atoms with Crippen molar-refractivity contribution >= 4 is 15.9 Å². The van der Waals surface area contributed by atoms with Crippen LogP contribution in [-0.4, -0.2) is 25.0 Å². The van der Waals surface area contributed by atoms with Gasteiger partial charge in [0.05, 0.1) is 0 Å². The van der Waals surface area contributed by atoms with Gasteiger partial charge in [-0.25, -0.2) is 4.39 Å². The lowest BCUT2D eigenvalue weighted by Gasteiger charge is -2.20. The van der Waals surface area contributed by atoms with Gasteiger partial charge in [0.25, 0.3) is 0 Å². The standard InChI is InChI=1S/C13H18BrFN2/c1-8-11(14)4-10(5-12(8)15)13-3-9(6-16)7-17(13)2/h4-5,9,13H,3,6-7,16H2,1-2H3. The molecule has 1 fully saturated rings. The Hall–Kier alpha value is -0.450. The highest BCUT2D eigenvalue weighted by Gasteiger charge is 2.30. The molecule has 0 aliphatic carbocycles. The van der Waals surface area contributed by atoms with Crippen molar-refractivity contribution < 1.29 is 4.39 Å². The fourth-order valence-corrected chi connectivity index (χ4v) is 2.98. The van der Waals surface area contributed by atoms with E-state index in [0.717, 1.165) is 23.0 Å². The number of halogens is 2. The van der Waals surface area contributed by atoms with Crippen molar-refractivity contribution in [2.45, 2.75) is 19.4 Å². The van der Waals surface area contributed by atoms with E-state index in [1.54, 1.807) is 13.0 Å². The monoisotopic (exact) mass is 300 g/mol. The quantitative estimate of drug-likeness (QED) is 0.910. The number of rotatable bonds is 2. The molecule has 2 atom stereocenters. The van der Waals surface area contributed by atoms with Crippen LogP contribution in [0.5, 0.6) is 0 Å². The largest absolute Gasteiger partial charge is 0.330 e. The maximum atomic E-state index is 13.7. The van der Waals surface area contributed by atoms with E-state index in [-0.39, 0.29) is 11.9 Å². The van der Waals surface area contributed by atoms with Gasteiger partial charge in [-0.3, -0.25) is 4.90 Å². The van der Waals surface area contributed by atoms with Gasteiger partial charge in [0.1, 0.15) is 5.82 Å². The smallest absolute Gasteiger partial charge is 0.127 e. The molecule has 0 saturated carbocycles. The molecule has 2 unspecified atom stereocenters. The Labute approximate surface area is 110 Å². The molecule has 94 valence electrons. The highest BCUT2D eigenvalue weighted by molar-refractivity contribution is 9.10. The van der Waals surface area contributed by atoms with Crippen molar-refractivity contribution in [3.63, 3.8) is 0 Å². The van der Waals surface area contributed by atoms with Gasteiger partial charge in [-0.1, -0.05) is 15.9 Å². The predicted octanol–water partition coefficient (Wildman–Crippen LogP) is 2.85. The fraction of sp³-hybridized carbons (Fsp3) is 0.538. The van der Waals surface area contributed by atoms with Crippen LogP contribution in [-0.2, 0) is 0 Å². The number of nitrogens with two attached hydrogens (primary N) is 1. The molecule has 1 aliphatic heterocycles. The molecule has 0 amide bonds. The third-order valence-electron chi connectivity index (χ3n) is 3.66. The second-order valence-corrected chi connectivity index (χ2v) is 5.76. The van der Waals surface area contributed by atoms with E-state index in [1.807, 2.05) is 6.07 Å². The molecule has 0 radical (unpaired) electrons. The molecule has 0 aromatic heterocycles. The molecule has 4 heteroatoms. The summed E-state index contributed by atoms with van der Waals surface area (Å²) in [4.78, 5) is 2.26. The van der Waals surface area contributed by atoms with Crippen LogP contribution < -0.4 is 5.73 Å². The van der Waals surface area contributed by atoms with Crippen molar-refractivity contribution in [2.24, 2.45) is 11.7 Å². The average molecular weight is 301 g/mol. The maximum Gasteiger partial charge on any atom is 0.127 e. The van der Waals surface area contributed by atoms with Gasteiger partial charge >= 0.3 is 0 Å². The Morgan fingerprint density at radius 1 is 1.53 bits per heavy atom. The summed E-state index contributed by atoms with van der Waals surface area (Å²) < 4.78 is 14.6. The zero-order valence-electron chi connectivity index (χ0n) is 10.2. The van der Waals surface area contributed by atoms with Crippen molar-refractivity contribution in [2.75, 3.05) is 20.1 Å². The zero-order chi connectivity index (χ0) is 12.6. The molecule has 1 heterocycles. The summed E-state index contributed by atoms with van der Waals surface area (Å²) in [7, 11) is 2.08. The van der Waals surface area contributed by atoms with Gasteiger partial charge in [-0.15, -0.1) is 0 Å². The van der Waals surface area contributed by atoms with E-state index < -0.39 is 0 Å². The topological polar surface area (TPSA) is 29.3 Å². The Morgan fingerprint density at radius 3 is 2.76 bits per heavy atom. The molecule has 0 spiro atoms. The van der Waals surface area contributed by atoms with Crippen molar-refractivity contribution in [1.29, 1.82) is 0 Å². The highest BCUT2D eigenvalue weighted by Crippen LogP contribution is 2.35. The molecule has 17 heavy (non-hydrogen) atoms. The zero-order valence-corrected chi connectivity index (χ0v) is 11.8. The summed E-state index contributed by atoms with van der Waals surface area (Å²) in [6, 6.07) is 3.97. The van der Waals surface area contributed by atoms with E-state index in [0.29, 0.717) is 18.0 Å². The Morgan fingerprint density at radius 2 is 2.24 bits per heavy atom. The minimum atomic E-state index is -0.140. The van der Waals surface area contributed by atoms with E-state index >= 15 is 0 Å². The van der Waals surface area contributed by atoms with Gasteiger partial charge in [0, 0.05) is 17.1 Å². The summed E-state index contributed by atoms with van der Waals surface area (Å²) in [6.45, 7) is 3.48. The summed E-state index contributed by atoms with van der Waals surface area (Å²) in [6.07, 6.45) is 1.02. The van der Waals surface area contributed by atoms with Crippen molar-refractivity contribution in [3.8, 4) is 0 Å². The minimum Gasteiger partial charge on any atom is -0.330 e. The average Bonchev–Trinajstić information content (AvgIpc) is 2.67. The molecule has 1 aliphatic rings. The van der Waals surface area contributed by atoms with Gasteiger partial charge < -0.3 is 5.73 Å². The molecular weight excluding hydrogens is 283 g/mol. The fourth-order valence-electron chi connectivity index (χ4n) is 2.52. The van der Waals surface area contributed by atoms with Crippen LogP contribution in [0, 0.1) is 18.7 Å². The van der Waals surface area contributed by atoms with E-state index in [1.165, 1.54) is 0 Å². The van der Waals surface area contributed by atoms with Crippen LogP contribution in [0.25, 0.3) is 0 Å². The Kier molecular flexibility index (Phi) is 3.85. The van der Waals surface area contributed by atoms with Crippen molar-refractivity contribution in [3.05, 3.63) is 33.5 Å². The van der Waals surface area contributed by atoms with Crippen LogP contribution in [0.1, 0.15) is 23.6 Å². The number of benzene rings is 1. The molecule has 2 N–H and O–H groups in total. The van der Waals surface area contributed by atoms with Crippen LogP contribution in [0.4, 0.5) is 4.39 Å². The Bertz CT molecular complexity index is 399. The molecule has 1 saturated heterocycles. The second kappa shape index (κ2) is 5.04. The number of nitrogens with zero attached hydrogens (tertiary/aromatic N) is 1. The van der Waals surface area contributed by atoms with Gasteiger partial charge in [-0.2, -0.15) is 0 Å². The number of hydrogen-bond acceptors (Lipinski definition) is 2. The summed E-state index contributed by atoms with van der Waals surface area (Å²) in [5.41, 5.74) is 7.42. The number of hydrogen-bond donors (Lipinski definition) is 1. The van der Waals surface area contributed by atoms with E-state index in [2.05, 4.69) is 27.9 Å². The normalized spacial score (nSPS) is 25.5. The predicted molar refractivity (Wildman–Crippen MR) is 71.4 cm³/mol. The van der Waals surface area contributed by atoms with Crippen molar-refractivity contribution in [1.82, 2.24) is 4.90 Å². The second-order valence-electron chi connectivity index (χ2n) is 4.90. The highest BCUT2D eigenvalue weighted by atomic mass is 79.9. The van der Waals surface area contributed by atoms with Crippen LogP contribution in [0.3, 0.4) is 0 Å². The SMILES string of the molecule is Cc1c(F)cc(C2CC(CN)CN2C)cc1Br. The summed E-state index contributed by atoms with van der Waals surface area (Å²) in [5, 5.41) is 0. The van der Waals surface area contributed by atoms with Crippen LogP contribution in [0.15, 0.2) is 16.6 Å². The van der Waals surface area contributed by atoms with Crippen LogP contribution >= 0.6 is 15.9 Å². The molecule has 2 nitrogen and oxygen atoms in total. The first-order valence-electron chi connectivity index (χ1n) is 5.88. The summed E-state index contributed by atoms with van der Waals surface area (Å²) >= 11 is 3.41. The van der Waals surface area contributed by atoms with Gasteiger partial charge in [0.15, 0.2) is 0 Å². The number of likely N-dealkylation sites (tertiary alicyclic amines) is 1. The first-order chi connectivity index (χ1) is 8.02. The molecule has 0 bridgehead atoms. The molecular formula is C13H18BrFN2. The first kappa shape index (κ1) is 13.0. The first-order valence-corrected chi connectivity index (χ1v) is 6.68. The lowest BCUT2D eigenvalue weighted by atomic mass is 9.99. The van der Waals surface area contributed by atoms with E-state index in [4.69, 9.17) is 5.73 Å². The Balaban J connectivity index is 2.29. The molecule has 1 aromatic carbocycles. The third kappa shape index (κ3) is 2.54. The van der Waals surface area contributed by atoms with E-state index in [9.17, 15) is 4.39 Å². The minimum absolute atomic E-state index is 0.140. The lowest BCUT2D eigenvalue weighted by molar-refractivity contribution is 0.313. The van der Waals surface area contributed by atoms with Gasteiger partial charge in [-0.05, 0) is 56.1 Å². The van der Waals surface area contributed by atoms with Gasteiger partial charge in [0.2, 0.25) is 0 Å². The lowest BCUT2D eigenvalue weighted by Crippen LogP contribution is -2.20. The molecule has 2 rings (SSSR count). The van der Waals surface area contributed by atoms with Crippen LogP contribution in [0.2, 0.25) is 0 Å². The third-order valence-corrected chi connectivity index (χ3v) is 4.48. The summed E-state index contributed by atoms with van der Waals surface area (Å²) in [5.74, 6) is 0.382. The maximum absolute atomic E-state index is 13.7. The molecule has 1 aromatic rings.